The van der Waals surface area contributed by atoms with E-state index in [4.69, 9.17) is 21.6 Å². The number of hydrogen-bond acceptors (Lipinski definition) is 5. The van der Waals surface area contributed by atoms with E-state index in [0.29, 0.717) is 31.9 Å². The smallest absolute Gasteiger partial charge is 0.254 e. The molecule has 1 aromatic carbocycles. The minimum atomic E-state index is -3.74. The highest BCUT2D eigenvalue weighted by Gasteiger charge is 2.22. The van der Waals surface area contributed by atoms with Gasteiger partial charge in [0.2, 0.25) is 0 Å². The van der Waals surface area contributed by atoms with Gasteiger partial charge in [-0.05, 0) is 18.2 Å². The fraction of sp³-hybridized carbons (Fsp3) is 0.364. The van der Waals surface area contributed by atoms with Crippen LogP contribution in [0.2, 0.25) is 5.02 Å². The van der Waals surface area contributed by atoms with Crippen molar-refractivity contribution >= 4 is 21.6 Å². The number of benzene rings is 1. The summed E-state index contributed by atoms with van der Waals surface area (Å²) >= 11 is 5.90. The number of hydrazine groups is 1. The summed E-state index contributed by atoms with van der Waals surface area (Å²) in [5.74, 6) is 0. The van der Waals surface area contributed by atoms with E-state index in [1.165, 1.54) is 18.2 Å². The maximum absolute atomic E-state index is 12.2. The van der Waals surface area contributed by atoms with Crippen molar-refractivity contribution in [3.63, 3.8) is 0 Å². The number of hydrogen-bond donors (Lipinski definition) is 1. The molecule has 0 radical (unpaired) electrons. The van der Waals surface area contributed by atoms with Crippen molar-refractivity contribution in [1.82, 2.24) is 9.84 Å². The first-order chi connectivity index (χ1) is 9.03. The van der Waals surface area contributed by atoms with E-state index in [2.05, 4.69) is 4.83 Å². The third-order valence-electron chi connectivity index (χ3n) is 2.61. The molecule has 0 bridgehead atoms. The summed E-state index contributed by atoms with van der Waals surface area (Å²) in [7, 11) is -3.74. The Labute approximate surface area is 116 Å². The van der Waals surface area contributed by atoms with E-state index in [1.807, 2.05) is 6.07 Å². The van der Waals surface area contributed by atoms with E-state index in [1.54, 1.807) is 5.01 Å². The Morgan fingerprint density at radius 2 is 2.05 bits per heavy atom. The molecule has 19 heavy (non-hydrogen) atoms. The van der Waals surface area contributed by atoms with Crippen LogP contribution < -0.4 is 4.83 Å². The SMILES string of the molecule is N#Cc1ccc(S(=O)(=O)NN2CCOCC2)c(Cl)c1. The number of rotatable bonds is 3. The molecular weight excluding hydrogens is 290 g/mol. The summed E-state index contributed by atoms with van der Waals surface area (Å²) in [6.07, 6.45) is 0. The molecule has 1 aromatic rings. The largest absolute Gasteiger partial charge is 0.379 e. The van der Waals surface area contributed by atoms with Crippen molar-refractivity contribution in [3.05, 3.63) is 28.8 Å². The average Bonchev–Trinajstić information content (AvgIpc) is 2.38. The number of nitrogens with one attached hydrogen (secondary N) is 1. The van der Waals surface area contributed by atoms with Crippen molar-refractivity contribution in [2.45, 2.75) is 4.90 Å². The zero-order chi connectivity index (χ0) is 13.9. The first-order valence-corrected chi connectivity index (χ1v) is 7.44. The second kappa shape index (κ2) is 5.86. The van der Waals surface area contributed by atoms with E-state index >= 15 is 0 Å². The average molecular weight is 302 g/mol. The van der Waals surface area contributed by atoms with Gasteiger partial charge in [0.05, 0.1) is 29.9 Å². The Kier molecular flexibility index (Phi) is 4.39. The number of halogens is 1. The lowest BCUT2D eigenvalue weighted by Crippen LogP contribution is -2.48. The van der Waals surface area contributed by atoms with E-state index in [-0.39, 0.29) is 9.92 Å². The topological polar surface area (TPSA) is 82.4 Å². The number of nitriles is 1. The number of ether oxygens (including phenoxy) is 1. The minimum Gasteiger partial charge on any atom is -0.379 e. The van der Waals surface area contributed by atoms with Crippen molar-refractivity contribution in [2.75, 3.05) is 26.3 Å². The zero-order valence-corrected chi connectivity index (χ0v) is 11.5. The quantitative estimate of drug-likeness (QED) is 0.890. The molecule has 102 valence electrons. The highest BCUT2D eigenvalue weighted by Crippen LogP contribution is 2.22. The molecule has 1 N–H and O–H groups in total. The second-order valence-electron chi connectivity index (χ2n) is 3.95. The molecular formula is C11H12ClN3O3S. The van der Waals surface area contributed by atoms with Crippen molar-refractivity contribution in [2.24, 2.45) is 0 Å². The fourth-order valence-electron chi connectivity index (χ4n) is 1.66. The maximum atomic E-state index is 12.2. The van der Waals surface area contributed by atoms with Crippen LogP contribution in [0.4, 0.5) is 0 Å². The molecule has 2 rings (SSSR count). The highest BCUT2D eigenvalue weighted by molar-refractivity contribution is 7.89. The molecule has 1 saturated heterocycles. The predicted octanol–water partition coefficient (Wildman–Crippen LogP) is 0.737. The van der Waals surface area contributed by atoms with Gasteiger partial charge in [0, 0.05) is 13.1 Å². The normalized spacial score (nSPS) is 17.1. The second-order valence-corrected chi connectivity index (χ2v) is 5.99. The first-order valence-electron chi connectivity index (χ1n) is 5.58. The van der Waals surface area contributed by atoms with Gasteiger partial charge in [0.25, 0.3) is 10.0 Å². The van der Waals surface area contributed by atoms with Crippen LogP contribution in [-0.2, 0) is 14.8 Å². The molecule has 0 spiro atoms. The molecule has 1 fully saturated rings. The first kappa shape index (κ1) is 14.2. The molecule has 0 saturated carbocycles. The summed E-state index contributed by atoms with van der Waals surface area (Å²) in [6, 6.07) is 5.97. The molecule has 1 aliphatic rings. The van der Waals surface area contributed by atoms with Gasteiger partial charge in [-0.1, -0.05) is 11.6 Å². The lowest BCUT2D eigenvalue weighted by Gasteiger charge is -2.26. The van der Waals surface area contributed by atoms with Gasteiger partial charge in [0.1, 0.15) is 4.90 Å². The Hall–Kier alpha value is -1.17. The molecule has 1 heterocycles. The van der Waals surface area contributed by atoms with Crippen LogP contribution in [0.15, 0.2) is 23.1 Å². The lowest BCUT2D eigenvalue weighted by atomic mass is 10.2. The molecule has 0 aliphatic carbocycles. The van der Waals surface area contributed by atoms with Crippen LogP contribution in [0.5, 0.6) is 0 Å². The number of morpholine rings is 1. The Morgan fingerprint density at radius 3 is 2.63 bits per heavy atom. The zero-order valence-electron chi connectivity index (χ0n) is 9.97. The molecule has 1 aliphatic heterocycles. The van der Waals surface area contributed by atoms with Gasteiger partial charge < -0.3 is 4.74 Å². The van der Waals surface area contributed by atoms with E-state index in [9.17, 15) is 8.42 Å². The summed E-state index contributed by atoms with van der Waals surface area (Å²) in [6.45, 7) is 1.91. The minimum absolute atomic E-state index is 0.0276. The van der Waals surface area contributed by atoms with Crippen LogP contribution >= 0.6 is 11.6 Å². The summed E-state index contributed by atoms with van der Waals surface area (Å²) < 4.78 is 29.5. The van der Waals surface area contributed by atoms with Crippen LogP contribution in [0, 0.1) is 11.3 Å². The van der Waals surface area contributed by atoms with Crippen LogP contribution in [0.3, 0.4) is 0 Å². The molecule has 6 nitrogen and oxygen atoms in total. The Bertz CT molecular complexity index is 606. The highest BCUT2D eigenvalue weighted by atomic mass is 35.5. The van der Waals surface area contributed by atoms with Crippen LogP contribution in [-0.4, -0.2) is 39.7 Å². The third kappa shape index (κ3) is 3.43. The standard InChI is InChI=1S/C11H12ClN3O3S/c12-10-7-9(8-13)1-2-11(10)19(16,17)14-15-3-5-18-6-4-15/h1-2,7,14H,3-6H2. The summed E-state index contributed by atoms with van der Waals surface area (Å²) in [5, 5.41) is 10.3. The Balaban J connectivity index is 2.22. The van der Waals surface area contributed by atoms with Gasteiger partial charge in [-0.15, -0.1) is 4.83 Å². The van der Waals surface area contributed by atoms with Crippen LogP contribution in [0.25, 0.3) is 0 Å². The van der Waals surface area contributed by atoms with E-state index < -0.39 is 10.0 Å². The van der Waals surface area contributed by atoms with Gasteiger partial charge >= 0.3 is 0 Å². The number of nitrogens with zero attached hydrogens (tertiary/aromatic N) is 2. The van der Waals surface area contributed by atoms with Gasteiger partial charge in [-0.25, -0.2) is 13.4 Å². The maximum Gasteiger partial charge on any atom is 0.254 e. The third-order valence-corrected chi connectivity index (χ3v) is 4.47. The van der Waals surface area contributed by atoms with Gasteiger partial charge in [-0.3, -0.25) is 0 Å². The predicted molar refractivity (Wildman–Crippen MR) is 68.9 cm³/mol. The van der Waals surface area contributed by atoms with E-state index in [0.717, 1.165) is 0 Å². The molecule has 0 aromatic heterocycles. The molecule has 0 atom stereocenters. The van der Waals surface area contributed by atoms with Crippen LogP contribution in [0.1, 0.15) is 5.56 Å². The monoisotopic (exact) mass is 301 g/mol. The molecule has 0 amide bonds. The van der Waals surface area contributed by atoms with Crippen molar-refractivity contribution < 1.29 is 13.2 Å². The Morgan fingerprint density at radius 1 is 1.37 bits per heavy atom. The fourth-order valence-corrected chi connectivity index (χ4v) is 3.33. The van der Waals surface area contributed by atoms with Crippen molar-refractivity contribution in [1.29, 1.82) is 5.26 Å². The summed E-state index contributed by atoms with van der Waals surface area (Å²) in [4.78, 5) is 2.41. The lowest BCUT2D eigenvalue weighted by molar-refractivity contribution is 0.0272. The van der Waals surface area contributed by atoms with Gasteiger partial charge in [-0.2, -0.15) is 5.26 Å². The molecule has 8 heteroatoms. The van der Waals surface area contributed by atoms with Gasteiger partial charge in [0.15, 0.2) is 0 Å². The molecule has 0 unspecified atom stereocenters. The number of sulfonamides is 1. The summed E-state index contributed by atoms with van der Waals surface area (Å²) in [5.41, 5.74) is 0.315. The van der Waals surface area contributed by atoms with Crippen molar-refractivity contribution in [3.8, 4) is 6.07 Å².